The molecule has 3 unspecified atom stereocenters. The summed E-state index contributed by atoms with van der Waals surface area (Å²) in [6, 6.07) is 8.06. The number of hydrazone groups is 1. The highest BCUT2D eigenvalue weighted by molar-refractivity contribution is 6.42. The van der Waals surface area contributed by atoms with Crippen molar-refractivity contribution in [3.8, 4) is 0 Å². The number of nitrogens with zero attached hydrogens (tertiary/aromatic N) is 5. The minimum absolute atomic E-state index is 0.148. The van der Waals surface area contributed by atoms with Gasteiger partial charge in [-0.05, 0) is 44.2 Å². The largest absolute Gasteiger partial charge is 0.357 e. The van der Waals surface area contributed by atoms with Crippen LogP contribution in [0.3, 0.4) is 0 Å². The maximum absolute atomic E-state index is 14.0. The standard InChI is InChI=1S/C26H27Cl3N6O3/c1-13-9-20-16(11-33(13)25(37)15-7-8-17(27)18(28)10-15)23-26(38)34(12-21(24(36)30-3)35(23)32-20)14(2)19-5-4-6-22(29)31-19/h4-8,10,13-14,16,21,23H,9,11-12H2,1-3H3,(H,30,36)/t13-,14?,16?,21+,23?/m1/s1. The molecular formula is C26H27Cl3N6O3. The number of fused-ring (bicyclic) bond motifs is 3. The minimum Gasteiger partial charge on any atom is -0.357 e. The van der Waals surface area contributed by atoms with Crippen molar-refractivity contribution in [2.45, 2.75) is 44.4 Å². The Balaban J connectivity index is 1.47. The molecule has 3 aliphatic rings. The molecule has 200 valence electrons. The maximum Gasteiger partial charge on any atom is 0.254 e. The lowest BCUT2D eigenvalue weighted by Crippen LogP contribution is -2.65. The van der Waals surface area contributed by atoms with E-state index >= 15 is 0 Å². The summed E-state index contributed by atoms with van der Waals surface area (Å²) in [5.74, 6) is -0.967. The van der Waals surface area contributed by atoms with Crippen molar-refractivity contribution in [3.63, 3.8) is 0 Å². The summed E-state index contributed by atoms with van der Waals surface area (Å²) in [7, 11) is 1.57. The molecular weight excluding hydrogens is 551 g/mol. The molecule has 5 rings (SSSR count). The number of carbonyl (C=O) groups is 3. The molecule has 2 saturated heterocycles. The molecule has 0 radical (unpaired) electrons. The van der Waals surface area contributed by atoms with Crippen LogP contribution in [-0.4, -0.2) is 81.5 Å². The Kier molecular flexibility index (Phi) is 7.28. The van der Waals surface area contributed by atoms with Crippen LogP contribution in [0.15, 0.2) is 41.5 Å². The first-order valence-electron chi connectivity index (χ1n) is 12.4. The van der Waals surface area contributed by atoms with Crippen LogP contribution < -0.4 is 5.32 Å². The van der Waals surface area contributed by atoms with Crippen LogP contribution in [0.25, 0.3) is 0 Å². The molecule has 0 aliphatic carbocycles. The van der Waals surface area contributed by atoms with Crippen LogP contribution in [0.2, 0.25) is 15.2 Å². The van der Waals surface area contributed by atoms with Crippen molar-refractivity contribution >= 4 is 58.2 Å². The lowest BCUT2D eigenvalue weighted by Gasteiger charge is -2.46. The highest BCUT2D eigenvalue weighted by atomic mass is 35.5. The number of likely N-dealkylation sites (N-methyl/N-ethyl adjacent to an activating group) is 1. The third-order valence-corrected chi connectivity index (χ3v) is 8.55. The van der Waals surface area contributed by atoms with Crippen molar-refractivity contribution in [3.05, 3.63) is 62.9 Å². The van der Waals surface area contributed by atoms with Gasteiger partial charge in [-0.3, -0.25) is 19.4 Å². The Labute approximate surface area is 235 Å². The summed E-state index contributed by atoms with van der Waals surface area (Å²) in [4.78, 5) is 48.3. The zero-order valence-electron chi connectivity index (χ0n) is 21.1. The van der Waals surface area contributed by atoms with E-state index in [9.17, 15) is 14.4 Å². The number of pyridine rings is 1. The number of benzene rings is 1. The number of halogens is 3. The normalized spacial score (nSPS) is 25.5. The van der Waals surface area contributed by atoms with E-state index in [1.165, 1.54) is 0 Å². The van der Waals surface area contributed by atoms with E-state index in [1.807, 2.05) is 19.9 Å². The number of nitrogens with one attached hydrogen (secondary N) is 1. The van der Waals surface area contributed by atoms with E-state index in [0.29, 0.717) is 32.9 Å². The lowest BCUT2D eigenvalue weighted by molar-refractivity contribution is -0.152. The summed E-state index contributed by atoms with van der Waals surface area (Å²) >= 11 is 18.3. The van der Waals surface area contributed by atoms with Crippen molar-refractivity contribution in [1.82, 2.24) is 25.1 Å². The van der Waals surface area contributed by atoms with Gasteiger partial charge in [0.05, 0.1) is 28.3 Å². The predicted octanol–water partition coefficient (Wildman–Crippen LogP) is 3.65. The minimum atomic E-state index is -0.723. The molecule has 38 heavy (non-hydrogen) atoms. The zero-order valence-corrected chi connectivity index (χ0v) is 23.3. The number of rotatable bonds is 4. The maximum atomic E-state index is 14.0. The number of likely N-dealkylation sites (tertiary alicyclic amines) is 1. The van der Waals surface area contributed by atoms with Crippen molar-refractivity contribution < 1.29 is 14.4 Å². The molecule has 0 bridgehead atoms. The quantitative estimate of drug-likeness (QED) is 0.560. The fourth-order valence-electron chi connectivity index (χ4n) is 5.55. The molecule has 2 fully saturated rings. The molecule has 0 spiro atoms. The summed E-state index contributed by atoms with van der Waals surface area (Å²) in [5.41, 5.74) is 1.86. The van der Waals surface area contributed by atoms with Gasteiger partial charge in [0.25, 0.3) is 5.91 Å². The lowest BCUT2D eigenvalue weighted by atomic mass is 9.84. The van der Waals surface area contributed by atoms with Gasteiger partial charge in [-0.1, -0.05) is 40.9 Å². The molecule has 9 nitrogen and oxygen atoms in total. The second-order valence-electron chi connectivity index (χ2n) is 9.84. The SMILES string of the molecule is CNC(=O)[C@@H]1CN(C(C)c2cccc(Cl)n2)C(=O)C2C3CN(C(=O)c4ccc(Cl)c(Cl)c4)[C@H](C)CC3=NN21. The summed E-state index contributed by atoms with van der Waals surface area (Å²) < 4.78 is 0. The average Bonchev–Trinajstić information content (AvgIpc) is 3.27. The molecule has 2 aromatic rings. The Morgan fingerprint density at radius 1 is 1.11 bits per heavy atom. The van der Waals surface area contributed by atoms with Gasteiger partial charge in [0.2, 0.25) is 11.8 Å². The zero-order chi connectivity index (χ0) is 27.3. The van der Waals surface area contributed by atoms with Crippen LogP contribution >= 0.6 is 34.8 Å². The topological polar surface area (TPSA) is 98.2 Å². The van der Waals surface area contributed by atoms with Gasteiger partial charge in [0.15, 0.2) is 0 Å². The van der Waals surface area contributed by atoms with Gasteiger partial charge >= 0.3 is 0 Å². The van der Waals surface area contributed by atoms with Gasteiger partial charge in [-0.15, -0.1) is 0 Å². The van der Waals surface area contributed by atoms with E-state index in [0.717, 1.165) is 5.71 Å². The predicted molar refractivity (Wildman–Crippen MR) is 145 cm³/mol. The molecule has 0 saturated carbocycles. The average molecular weight is 578 g/mol. The molecule has 4 heterocycles. The molecule has 12 heteroatoms. The van der Waals surface area contributed by atoms with Crippen LogP contribution in [0.1, 0.15) is 42.4 Å². The highest BCUT2D eigenvalue weighted by Gasteiger charge is 2.55. The van der Waals surface area contributed by atoms with Crippen molar-refractivity contribution in [2.24, 2.45) is 11.0 Å². The van der Waals surface area contributed by atoms with E-state index in [2.05, 4.69) is 10.3 Å². The van der Waals surface area contributed by atoms with Crippen molar-refractivity contribution in [1.29, 1.82) is 0 Å². The smallest absolute Gasteiger partial charge is 0.254 e. The Bertz CT molecular complexity index is 1340. The summed E-state index contributed by atoms with van der Waals surface area (Å²) in [6.45, 7) is 4.25. The van der Waals surface area contributed by atoms with Crippen molar-refractivity contribution in [2.75, 3.05) is 20.1 Å². The number of hydrogen-bond donors (Lipinski definition) is 1. The van der Waals surface area contributed by atoms with Gasteiger partial charge in [-0.2, -0.15) is 5.10 Å². The molecule has 1 aromatic heterocycles. The van der Waals surface area contributed by atoms with Crippen LogP contribution in [0.5, 0.6) is 0 Å². The second kappa shape index (κ2) is 10.4. The number of piperazine rings is 1. The van der Waals surface area contributed by atoms with E-state index < -0.39 is 18.1 Å². The molecule has 1 aromatic carbocycles. The van der Waals surface area contributed by atoms with Gasteiger partial charge in [0.1, 0.15) is 17.2 Å². The van der Waals surface area contributed by atoms with E-state index in [1.54, 1.807) is 52.2 Å². The van der Waals surface area contributed by atoms with Gasteiger partial charge in [-0.25, -0.2) is 4.98 Å². The third-order valence-electron chi connectivity index (χ3n) is 7.60. The molecule has 3 amide bonds. The van der Waals surface area contributed by atoms with Gasteiger partial charge in [0, 0.05) is 43.2 Å². The van der Waals surface area contributed by atoms with Crippen LogP contribution in [0, 0.1) is 5.92 Å². The number of hydrogen-bond acceptors (Lipinski definition) is 6. The van der Waals surface area contributed by atoms with E-state index in [4.69, 9.17) is 39.9 Å². The number of amides is 3. The van der Waals surface area contributed by atoms with Crippen LogP contribution in [-0.2, 0) is 9.59 Å². The molecule has 1 N–H and O–H groups in total. The Morgan fingerprint density at radius 3 is 2.55 bits per heavy atom. The second-order valence-corrected chi connectivity index (χ2v) is 11.0. The first kappa shape index (κ1) is 26.7. The summed E-state index contributed by atoms with van der Waals surface area (Å²) in [5, 5.41) is 10.1. The third kappa shape index (κ3) is 4.61. The number of aromatic nitrogens is 1. The first-order chi connectivity index (χ1) is 18.1. The molecule has 5 atom stereocenters. The highest BCUT2D eigenvalue weighted by Crippen LogP contribution is 2.38. The summed E-state index contributed by atoms with van der Waals surface area (Å²) in [6.07, 6.45) is 0.490. The van der Waals surface area contributed by atoms with Crippen LogP contribution in [0.4, 0.5) is 0 Å². The fourth-order valence-corrected chi connectivity index (χ4v) is 6.01. The number of piperidine rings is 1. The number of carbonyl (C=O) groups excluding carboxylic acids is 3. The monoisotopic (exact) mass is 576 g/mol. The first-order valence-corrected chi connectivity index (χ1v) is 13.5. The Hall–Kier alpha value is -2.88. The van der Waals surface area contributed by atoms with E-state index in [-0.39, 0.29) is 42.8 Å². The van der Waals surface area contributed by atoms with Gasteiger partial charge < -0.3 is 15.1 Å². The molecule has 3 aliphatic heterocycles. The Morgan fingerprint density at radius 2 is 1.87 bits per heavy atom. The fraction of sp³-hybridized carbons (Fsp3) is 0.423.